The number of carbonyl (C=O) groups excluding carboxylic acids is 1. The molecule has 0 rings (SSSR count). The highest BCUT2D eigenvalue weighted by Gasteiger charge is 2.11. The first kappa shape index (κ1) is 13.1. The van der Waals surface area contributed by atoms with E-state index in [9.17, 15) is 4.79 Å². The number of hydrogen-bond acceptors (Lipinski definition) is 1. The predicted octanol–water partition coefficient (Wildman–Crippen LogP) is 0.863. The molecule has 0 saturated carbocycles. The van der Waals surface area contributed by atoms with Gasteiger partial charge in [-0.05, 0) is 12.8 Å². The van der Waals surface area contributed by atoms with Gasteiger partial charge in [0, 0.05) is 5.92 Å². The maximum Gasteiger partial charge on any atom is 0.220 e. The van der Waals surface area contributed by atoms with E-state index in [-0.39, 0.29) is 17.3 Å². The first-order valence-corrected chi connectivity index (χ1v) is 4.01. The summed E-state index contributed by atoms with van der Waals surface area (Å²) in [5.41, 5.74) is 5.17. The Balaban J connectivity index is 0. The van der Waals surface area contributed by atoms with Crippen molar-refractivity contribution in [2.24, 2.45) is 11.7 Å². The van der Waals surface area contributed by atoms with E-state index in [0.29, 0.717) is 0 Å². The van der Waals surface area contributed by atoms with E-state index in [0.717, 1.165) is 25.7 Å². The van der Waals surface area contributed by atoms with E-state index in [1.54, 1.807) is 0 Å². The molecular formula is C8H19NO2. The van der Waals surface area contributed by atoms with Gasteiger partial charge in [-0.25, -0.2) is 0 Å². The fourth-order valence-electron chi connectivity index (χ4n) is 1.13. The zero-order valence-electron chi connectivity index (χ0n) is 7.39. The van der Waals surface area contributed by atoms with Crippen LogP contribution < -0.4 is 5.73 Å². The highest BCUT2D eigenvalue weighted by Crippen LogP contribution is 2.11. The summed E-state index contributed by atoms with van der Waals surface area (Å²) in [6, 6.07) is 0. The molecular weight excluding hydrogens is 142 g/mol. The monoisotopic (exact) mass is 161 g/mol. The van der Waals surface area contributed by atoms with Crippen molar-refractivity contribution in [1.82, 2.24) is 0 Å². The van der Waals surface area contributed by atoms with Crippen LogP contribution in [0.15, 0.2) is 0 Å². The third kappa shape index (κ3) is 5.85. The van der Waals surface area contributed by atoms with Crippen molar-refractivity contribution in [3.05, 3.63) is 0 Å². The molecule has 1 amide bonds. The molecule has 0 saturated heterocycles. The minimum absolute atomic E-state index is 0. The molecule has 0 aliphatic heterocycles. The lowest BCUT2D eigenvalue weighted by Gasteiger charge is -2.09. The highest BCUT2D eigenvalue weighted by atomic mass is 16.1. The molecule has 0 aromatic carbocycles. The largest absolute Gasteiger partial charge is 0.412 e. The third-order valence-electron chi connectivity index (χ3n) is 1.68. The highest BCUT2D eigenvalue weighted by molar-refractivity contribution is 5.76. The van der Waals surface area contributed by atoms with Crippen LogP contribution in [0.5, 0.6) is 0 Å². The van der Waals surface area contributed by atoms with E-state index >= 15 is 0 Å². The zero-order chi connectivity index (χ0) is 7.98. The van der Waals surface area contributed by atoms with Crippen molar-refractivity contribution in [1.29, 1.82) is 0 Å². The van der Waals surface area contributed by atoms with Gasteiger partial charge < -0.3 is 11.2 Å². The first-order chi connectivity index (χ1) is 4.72. The third-order valence-corrected chi connectivity index (χ3v) is 1.68. The summed E-state index contributed by atoms with van der Waals surface area (Å²) in [4.78, 5) is 10.7. The van der Waals surface area contributed by atoms with Gasteiger partial charge in [-0.15, -0.1) is 0 Å². The molecule has 0 aromatic rings. The van der Waals surface area contributed by atoms with Crippen molar-refractivity contribution in [2.45, 2.75) is 39.5 Å². The predicted molar refractivity (Wildman–Crippen MR) is 46.1 cm³/mol. The lowest BCUT2D eigenvalue weighted by molar-refractivity contribution is -0.122. The molecule has 0 spiro atoms. The summed E-state index contributed by atoms with van der Waals surface area (Å²) < 4.78 is 0. The van der Waals surface area contributed by atoms with Crippen molar-refractivity contribution >= 4 is 5.91 Å². The summed E-state index contributed by atoms with van der Waals surface area (Å²) in [5, 5.41) is 0. The average molecular weight is 161 g/mol. The van der Waals surface area contributed by atoms with Crippen molar-refractivity contribution < 1.29 is 10.3 Å². The normalized spacial score (nSPS) is 9.36. The smallest absolute Gasteiger partial charge is 0.220 e. The van der Waals surface area contributed by atoms with E-state index in [2.05, 4.69) is 13.8 Å². The second-order valence-corrected chi connectivity index (χ2v) is 2.68. The maximum atomic E-state index is 10.7. The number of nitrogens with two attached hydrogens (primary N) is 1. The summed E-state index contributed by atoms with van der Waals surface area (Å²) in [7, 11) is 0. The Bertz CT molecular complexity index is 98.3. The van der Waals surface area contributed by atoms with Crippen LogP contribution in [-0.4, -0.2) is 11.4 Å². The second kappa shape index (κ2) is 7.54. The fourth-order valence-corrected chi connectivity index (χ4v) is 1.13. The number of amides is 1. The molecule has 0 atom stereocenters. The van der Waals surface area contributed by atoms with Crippen LogP contribution in [0.4, 0.5) is 0 Å². The summed E-state index contributed by atoms with van der Waals surface area (Å²) in [5.74, 6) is -0.0151. The Morgan fingerprint density at radius 2 is 1.64 bits per heavy atom. The molecule has 0 unspecified atom stereocenters. The van der Waals surface area contributed by atoms with Gasteiger partial charge >= 0.3 is 0 Å². The molecule has 0 fully saturated rings. The van der Waals surface area contributed by atoms with Crippen LogP contribution in [0.25, 0.3) is 0 Å². The van der Waals surface area contributed by atoms with Crippen LogP contribution in [-0.2, 0) is 4.79 Å². The van der Waals surface area contributed by atoms with Crippen LogP contribution in [0, 0.1) is 5.92 Å². The lowest BCUT2D eigenvalue weighted by Crippen LogP contribution is -2.22. The molecule has 3 heteroatoms. The Morgan fingerprint density at radius 1 is 1.27 bits per heavy atom. The van der Waals surface area contributed by atoms with Gasteiger partial charge in [0.2, 0.25) is 5.91 Å². The van der Waals surface area contributed by atoms with Crippen molar-refractivity contribution in [2.75, 3.05) is 0 Å². The van der Waals surface area contributed by atoms with Gasteiger partial charge in [0.1, 0.15) is 0 Å². The summed E-state index contributed by atoms with van der Waals surface area (Å²) >= 11 is 0. The van der Waals surface area contributed by atoms with Crippen LogP contribution in [0.2, 0.25) is 0 Å². The molecule has 11 heavy (non-hydrogen) atoms. The summed E-state index contributed by atoms with van der Waals surface area (Å²) in [6.07, 6.45) is 3.99. The minimum atomic E-state index is -0.135. The molecule has 0 aromatic heterocycles. The van der Waals surface area contributed by atoms with E-state index in [1.165, 1.54) is 0 Å². The Morgan fingerprint density at radius 3 is 1.82 bits per heavy atom. The molecule has 3 nitrogen and oxygen atoms in total. The van der Waals surface area contributed by atoms with E-state index in [1.807, 2.05) is 0 Å². The minimum Gasteiger partial charge on any atom is -0.412 e. The molecule has 0 radical (unpaired) electrons. The van der Waals surface area contributed by atoms with E-state index in [4.69, 9.17) is 5.73 Å². The molecule has 0 aliphatic carbocycles. The van der Waals surface area contributed by atoms with Gasteiger partial charge in [-0.2, -0.15) is 0 Å². The van der Waals surface area contributed by atoms with Crippen molar-refractivity contribution in [3.8, 4) is 0 Å². The van der Waals surface area contributed by atoms with Gasteiger partial charge in [-0.3, -0.25) is 4.79 Å². The molecule has 0 aliphatic rings. The number of hydrogen-bond donors (Lipinski definition) is 1. The van der Waals surface area contributed by atoms with Crippen molar-refractivity contribution in [3.63, 3.8) is 0 Å². The Kier molecular flexibility index (Phi) is 8.94. The van der Waals surface area contributed by atoms with Gasteiger partial charge in [0.15, 0.2) is 0 Å². The topological polar surface area (TPSA) is 74.6 Å². The van der Waals surface area contributed by atoms with Crippen LogP contribution in [0.1, 0.15) is 39.5 Å². The SMILES string of the molecule is CCCC(CCC)C(N)=O.O. The maximum absolute atomic E-state index is 10.7. The van der Waals surface area contributed by atoms with Crippen LogP contribution in [0.3, 0.4) is 0 Å². The number of rotatable bonds is 5. The molecule has 4 N–H and O–H groups in total. The zero-order valence-corrected chi connectivity index (χ0v) is 7.39. The van der Waals surface area contributed by atoms with Gasteiger partial charge in [0.05, 0.1) is 0 Å². The molecule has 0 heterocycles. The number of carbonyl (C=O) groups is 1. The second-order valence-electron chi connectivity index (χ2n) is 2.68. The average Bonchev–Trinajstić information content (AvgIpc) is 1.87. The first-order valence-electron chi connectivity index (χ1n) is 4.01. The Hall–Kier alpha value is -0.570. The van der Waals surface area contributed by atoms with Gasteiger partial charge in [-0.1, -0.05) is 26.7 Å². The molecule has 68 valence electrons. The fraction of sp³-hybridized carbons (Fsp3) is 0.875. The quantitative estimate of drug-likeness (QED) is 0.638. The van der Waals surface area contributed by atoms with Crippen LogP contribution >= 0.6 is 0 Å². The van der Waals surface area contributed by atoms with E-state index < -0.39 is 0 Å². The Labute approximate surface area is 68.3 Å². The van der Waals surface area contributed by atoms with Gasteiger partial charge in [0.25, 0.3) is 0 Å². The molecule has 0 bridgehead atoms. The summed E-state index contributed by atoms with van der Waals surface area (Å²) in [6.45, 7) is 4.15. The lowest BCUT2D eigenvalue weighted by atomic mass is 9.98. The number of primary amides is 1. The standard InChI is InChI=1S/C8H17NO.H2O/c1-3-5-7(6-4-2)8(9)10;/h7H,3-6H2,1-2H3,(H2,9,10);1H2.